The summed E-state index contributed by atoms with van der Waals surface area (Å²) in [6.45, 7) is 0. The van der Waals surface area contributed by atoms with Crippen LogP contribution in [0.5, 0.6) is 0 Å². The first-order valence-corrected chi connectivity index (χ1v) is 65.3. The van der Waals surface area contributed by atoms with Gasteiger partial charge in [-0.1, -0.05) is 282 Å². The Morgan fingerprint density at radius 3 is 0.306 bits per heavy atom. The van der Waals surface area contributed by atoms with E-state index in [1.165, 1.54) is 160 Å². The van der Waals surface area contributed by atoms with Crippen LogP contribution in [0.25, 0.3) is 34.1 Å². The summed E-state index contributed by atoms with van der Waals surface area (Å²) in [7, 11) is 0. The lowest BCUT2D eigenvalue weighted by Crippen LogP contribution is -2.18. The Morgan fingerprint density at radius 1 is 0.139 bits per heavy atom. The monoisotopic (exact) mass is 2080 g/mol. The van der Waals surface area contributed by atoms with Crippen molar-refractivity contribution >= 4 is 423 Å². The predicted octanol–water partition coefficient (Wildman–Crippen LogP) is 34.4. The molecule has 12 aliphatic rings. The molecule has 42 heteroatoms. The molecule has 6 aromatic heterocycles. The van der Waals surface area contributed by atoms with Gasteiger partial charge in [-0.05, 0) is 75.1 Å². The minimum atomic E-state index is 1.11. The van der Waals surface area contributed by atoms with Crippen molar-refractivity contribution in [2.24, 2.45) is 0 Å². The Kier molecular flexibility index (Phi) is 26.7. The van der Waals surface area contributed by atoms with E-state index in [0.29, 0.717) is 0 Å². The summed E-state index contributed by atoms with van der Waals surface area (Å²) >= 11 is 69.1. The van der Waals surface area contributed by atoms with Gasteiger partial charge in [0, 0.05) is 133 Å². The molecule has 0 radical (unpaired) electrons. The number of aromatic nitrogens is 6. The first-order chi connectivity index (χ1) is 52.8. The fraction of sp³-hybridized carbons (Fsp3) is 0.182. The van der Waals surface area contributed by atoms with E-state index < -0.39 is 0 Å². The van der Waals surface area contributed by atoms with Gasteiger partial charge in [0.1, 0.15) is 0 Å². The van der Waals surface area contributed by atoms with Crippen molar-refractivity contribution < 1.29 is 0 Å². The normalized spacial score (nSPS) is 19.9. The van der Waals surface area contributed by atoms with Crippen LogP contribution in [0.2, 0.25) is 0 Å². The van der Waals surface area contributed by atoms with E-state index in [4.69, 9.17) is 0 Å². The highest BCUT2D eigenvalue weighted by molar-refractivity contribution is 8.46. The molecule has 18 heterocycles. The molecule has 0 saturated heterocycles. The molecule has 0 saturated carbocycles. The molecule has 0 fully saturated rings. The maximum absolute atomic E-state index is 2.54. The lowest BCUT2D eigenvalue weighted by molar-refractivity contribution is 0.879. The van der Waals surface area contributed by atoms with Gasteiger partial charge in [0.25, 0.3) is 0 Å². The third-order valence-corrected chi connectivity index (χ3v) is 65.8. The smallest absolute Gasteiger partial charge is 0.0982 e. The molecule has 1 aromatic carbocycles. The molecule has 558 valence electrons. The topological polar surface area (TPSA) is 29.6 Å². The maximum atomic E-state index is 2.54. The fourth-order valence-corrected chi connectivity index (χ4v) is 58.7. The molecule has 0 aliphatic carbocycles. The van der Waals surface area contributed by atoms with Crippen LogP contribution in [0.1, 0.15) is 0 Å². The van der Waals surface area contributed by atoms with E-state index >= 15 is 0 Å². The van der Waals surface area contributed by atoms with Gasteiger partial charge in [-0.2, -0.15) is 0 Å². The number of thioether (sulfide) groups is 36. The first-order valence-electron chi connectivity index (χ1n) is 31.1. The fourth-order valence-electron chi connectivity index (χ4n) is 11.8. The Hall–Kier alpha value is 4.38. The van der Waals surface area contributed by atoms with Gasteiger partial charge in [0.15, 0.2) is 0 Å². The maximum Gasteiger partial charge on any atom is 0.0982 e. The molecule has 12 aliphatic heterocycles. The zero-order valence-electron chi connectivity index (χ0n) is 57.3. The molecule has 7 aromatic rings. The summed E-state index contributed by atoms with van der Waals surface area (Å²) in [5.41, 5.74) is 6.66. The molecule has 0 atom stereocenters. The van der Waals surface area contributed by atoms with Crippen LogP contribution >= 0.6 is 423 Å². The van der Waals surface area contributed by atoms with Crippen LogP contribution in [0.15, 0.2) is 235 Å². The van der Waals surface area contributed by atoms with Gasteiger partial charge in [-0.3, -0.25) is 0 Å². The standard InChI is InChI=1S/C66H48N6S36/c1-73-43-44(74-2)98-61(97-43)55-85-25-13-67(14-26(25)86-55)37-38(68-15-27-28(16-68)88-56(87-27)62-99-45(75-3)46(76-4)100-62)40(70-19-31-32(20-70)92-58(91-31)64-103-49(79-7)50(80-8)104-64)42(72-23-35-36(24-72)96-60(95-35)66-107-53(83-11)54(84-12)108-66)41(71-21-33-34(22-71)94-59(93-33)65-105-51(81-9)52(82-10)106-65)39(37)69-17-29-30(18-69)90-57(89-29)63-101-47(77-5)48(78-6)102-63/h13-24H,1-12H3. The molecule has 0 spiro atoms. The summed E-state index contributed by atoms with van der Waals surface area (Å²) < 4.78 is 48.5. The quantitative estimate of drug-likeness (QED) is 0.0816. The van der Waals surface area contributed by atoms with Gasteiger partial charge < -0.3 is 27.4 Å². The van der Waals surface area contributed by atoms with Crippen molar-refractivity contribution in [3.05, 3.63) is 176 Å². The number of benzene rings is 1. The zero-order chi connectivity index (χ0) is 73.7. The van der Waals surface area contributed by atoms with Gasteiger partial charge in [-0.15, -0.1) is 141 Å². The molecule has 0 bridgehead atoms. The Morgan fingerprint density at radius 2 is 0.222 bits per heavy atom. The Labute approximate surface area is 782 Å². The van der Waals surface area contributed by atoms with Gasteiger partial charge >= 0.3 is 0 Å². The Bertz CT molecular complexity index is 4380. The van der Waals surface area contributed by atoms with E-state index in [1.54, 1.807) is 0 Å². The molecule has 0 N–H and O–H groups in total. The van der Waals surface area contributed by atoms with Crippen LogP contribution in [0, 0.1) is 0 Å². The molecule has 0 unspecified atom stereocenters. The summed E-state index contributed by atoms with van der Waals surface area (Å²) in [5.74, 6) is 0. The lowest BCUT2D eigenvalue weighted by atomic mass is 10.1. The molecule has 108 heavy (non-hydrogen) atoms. The van der Waals surface area contributed by atoms with E-state index in [-0.39, 0.29) is 0 Å². The van der Waals surface area contributed by atoms with Crippen LogP contribution < -0.4 is 0 Å². The van der Waals surface area contributed by atoms with E-state index in [2.05, 4.69) is 177 Å². The summed E-state index contributed by atoms with van der Waals surface area (Å²) in [6, 6.07) is 0. The van der Waals surface area contributed by atoms with Crippen LogP contribution in [-0.2, 0) is 0 Å². The third kappa shape index (κ3) is 15.4. The highest BCUT2D eigenvalue weighted by Gasteiger charge is 2.42. The summed E-state index contributed by atoms with van der Waals surface area (Å²) in [5, 5.41) is 0. The van der Waals surface area contributed by atoms with Crippen LogP contribution in [0.4, 0.5) is 0 Å². The van der Waals surface area contributed by atoms with E-state index in [1.807, 2.05) is 423 Å². The highest BCUT2D eigenvalue weighted by atomic mass is 32.3. The van der Waals surface area contributed by atoms with E-state index in [0.717, 1.165) is 34.1 Å². The zero-order valence-corrected chi connectivity index (χ0v) is 86.7. The average Bonchev–Trinajstić information content (AvgIpc) is 1.40. The van der Waals surface area contributed by atoms with Crippen molar-refractivity contribution in [3.63, 3.8) is 0 Å². The summed E-state index contributed by atoms with van der Waals surface area (Å²) in [6.07, 6.45) is 56.4. The summed E-state index contributed by atoms with van der Waals surface area (Å²) in [4.78, 5) is 15.3. The van der Waals surface area contributed by atoms with Crippen LogP contribution in [-0.4, -0.2) is 102 Å². The third-order valence-electron chi connectivity index (χ3n) is 16.3. The second kappa shape index (κ2) is 35.2. The van der Waals surface area contributed by atoms with E-state index in [9.17, 15) is 0 Å². The van der Waals surface area contributed by atoms with Crippen molar-refractivity contribution in [3.8, 4) is 34.1 Å². The minimum absolute atomic E-state index is 1.11. The van der Waals surface area contributed by atoms with Crippen molar-refractivity contribution in [2.45, 2.75) is 58.7 Å². The Balaban J connectivity index is 0.873. The predicted molar refractivity (Wildman–Crippen MR) is 550 cm³/mol. The van der Waals surface area contributed by atoms with Crippen molar-refractivity contribution in [1.29, 1.82) is 0 Å². The average molecular weight is 2080 g/mol. The largest absolute Gasteiger partial charge is 0.318 e. The molecular weight excluding hydrogens is 2030 g/mol. The van der Waals surface area contributed by atoms with Gasteiger partial charge in [0.2, 0.25) is 0 Å². The molecule has 19 rings (SSSR count). The van der Waals surface area contributed by atoms with Crippen molar-refractivity contribution in [2.75, 3.05) is 75.1 Å². The number of hydrogen-bond donors (Lipinski definition) is 0. The SMILES string of the molecule is CSC1=C(SC)SC(=C2Sc3cn(-c4c(-n5cc6c(c5)SC(=C5SC(SC)=C(SC)S5)S6)c(-n5cc6c(c5)SC(=C5SC(SC)=C(SC)S5)S6)c(-n5cc6c(c5)SC(=C5SC(SC)=C(SC)S5)S6)c(-n5cc6c(c5)SC(=C5SC(SC)=C(SC)S5)S6)c4-n4cc5c(c4)SC(=C4SC(SC)=C(SC)S4)S5)cc3S2)S1. The number of nitrogens with zero attached hydrogens (tertiary/aromatic N) is 6. The first kappa shape index (κ1) is 82.0. The molecule has 6 nitrogen and oxygen atoms in total. The van der Waals surface area contributed by atoms with Crippen molar-refractivity contribution in [1.82, 2.24) is 27.4 Å². The number of rotatable bonds is 18. The lowest BCUT2D eigenvalue weighted by Gasteiger charge is -2.29. The minimum Gasteiger partial charge on any atom is -0.318 e. The number of hydrogen-bond acceptors (Lipinski definition) is 36. The van der Waals surface area contributed by atoms with Gasteiger partial charge in [-0.25, -0.2) is 0 Å². The second-order valence-corrected chi connectivity index (χ2v) is 63.1. The number of fused-ring (bicyclic) bond motifs is 6. The molecular formula is C66H48N6S36. The molecule has 0 amide bonds. The van der Waals surface area contributed by atoms with Gasteiger partial charge in [0.05, 0.1) is 136 Å². The highest BCUT2D eigenvalue weighted by Crippen LogP contribution is 2.72. The second-order valence-electron chi connectivity index (χ2n) is 22.3. The van der Waals surface area contributed by atoms with Crippen LogP contribution in [0.3, 0.4) is 0 Å².